The minimum atomic E-state index is -4.51. The number of alkyl halides is 3. The largest absolute Gasteiger partial charge is 0.416 e. The van der Waals surface area contributed by atoms with Crippen LogP contribution in [-0.2, 0) is 12.7 Å². The minimum absolute atomic E-state index is 0.107. The van der Waals surface area contributed by atoms with Crippen molar-refractivity contribution in [3.63, 3.8) is 0 Å². The third-order valence-electron chi connectivity index (χ3n) is 6.36. The third-order valence-corrected chi connectivity index (χ3v) is 6.36. The van der Waals surface area contributed by atoms with Crippen molar-refractivity contribution < 1.29 is 18.0 Å². The van der Waals surface area contributed by atoms with Crippen LogP contribution in [0.4, 0.5) is 18.9 Å². The second-order valence-corrected chi connectivity index (χ2v) is 8.78. The standard InChI is InChI=1S/C26H24F3N5O/c1-17-4-5-18(12-21(17)23-14-31-24-15-30-8-11-34(23)24)25(35)32-20-7-6-19(16-33-9-2-3-10-33)22(13-20)26(27,28)29/h4-8,11-15H,2-3,9-10,16H2,1H3,(H,32,35). The van der Waals surface area contributed by atoms with E-state index in [1.807, 2.05) is 22.3 Å². The fourth-order valence-corrected chi connectivity index (χ4v) is 4.52. The second kappa shape index (κ2) is 9.14. The number of anilines is 1. The van der Waals surface area contributed by atoms with Crippen LogP contribution in [0.1, 0.15) is 39.9 Å². The smallest absolute Gasteiger partial charge is 0.322 e. The van der Waals surface area contributed by atoms with E-state index in [0.717, 1.165) is 48.8 Å². The first-order valence-corrected chi connectivity index (χ1v) is 11.4. The molecule has 2 aromatic heterocycles. The Kier molecular flexibility index (Phi) is 6.02. The zero-order valence-electron chi connectivity index (χ0n) is 19.1. The van der Waals surface area contributed by atoms with Crippen LogP contribution in [0.3, 0.4) is 0 Å². The number of rotatable bonds is 5. The maximum absolute atomic E-state index is 13.8. The predicted octanol–water partition coefficient (Wildman–Crippen LogP) is 5.57. The third kappa shape index (κ3) is 4.77. The number of carbonyl (C=O) groups is 1. The van der Waals surface area contributed by atoms with E-state index in [9.17, 15) is 18.0 Å². The molecule has 3 heterocycles. The van der Waals surface area contributed by atoms with Gasteiger partial charge in [0.15, 0.2) is 5.65 Å². The summed E-state index contributed by atoms with van der Waals surface area (Å²) in [5.41, 5.74) is 3.15. The molecule has 5 rings (SSSR count). The molecule has 0 aliphatic carbocycles. The van der Waals surface area contributed by atoms with E-state index in [1.165, 1.54) is 12.1 Å². The molecule has 1 aliphatic heterocycles. The van der Waals surface area contributed by atoms with Gasteiger partial charge >= 0.3 is 6.18 Å². The van der Waals surface area contributed by atoms with Crippen molar-refractivity contribution in [2.24, 2.45) is 0 Å². The first-order valence-electron chi connectivity index (χ1n) is 11.4. The van der Waals surface area contributed by atoms with E-state index in [4.69, 9.17) is 0 Å². The molecule has 0 spiro atoms. The number of halogens is 3. The predicted molar refractivity (Wildman–Crippen MR) is 127 cm³/mol. The van der Waals surface area contributed by atoms with E-state index in [1.54, 1.807) is 36.9 Å². The van der Waals surface area contributed by atoms with E-state index >= 15 is 0 Å². The first-order chi connectivity index (χ1) is 16.8. The normalized spacial score (nSPS) is 14.5. The van der Waals surface area contributed by atoms with Gasteiger partial charge in [-0.05, 0) is 68.2 Å². The summed E-state index contributed by atoms with van der Waals surface area (Å²) in [4.78, 5) is 23.4. The van der Waals surface area contributed by atoms with Gasteiger partial charge in [0.25, 0.3) is 5.91 Å². The van der Waals surface area contributed by atoms with Gasteiger partial charge in [0.2, 0.25) is 0 Å². The van der Waals surface area contributed by atoms with Crippen LogP contribution in [0.5, 0.6) is 0 Å². The number of nitrogens with one attached hydrogen (secondary N) is 1. The van der Waals surface area contributed by atoms with Crippen molar-refractivity contribution in [2.45, 2.75) is 32.5 Å². The van der Waals surface area contributed by atoms with Crippen molar-refractivity contribution in [1.82, 2.24) is 19.3 Å². The molecule has 0 radical (unpaired) electrons. The molecule has 35 heavy (non-hydrogen) atoms. The molecule has 1 amide bonds. The zero-order valence-corrected chi connectivity index (χ0v) is 19.1. The molecule has 0 atom stereocenters. The lowest BCUT2D eigenvalue weighted by molar-refractivity contribution is -0.138. The highest BCUT2D eigenvalue weighted by Gasteiger charge is 2.34. The zero-order chi connectivity index (χ0) is 24.6. The van der Waals surface area contributed by atoms with Gasteiger partial charge in [0.1, 0.15) is 0 Å². The van der Waals surface area contributed by atoms with Gasteiger partial charge in [-0.1, -0.05) is 12.1 Å². The Morgan fingerprint density at radius 2 is 1.89 bits per heavy atom. The highest BCUT2D eigenvalue weighted by molar-refractivity contribution is 6.05. The average Bonchev–Trinajstić information content (AvgIpc) is 3.49. The topological polar surface area (TPSA) is 62.5 Å². The van der Waals surface area contributed by atoms with Gasteiger partial charge in [0, 0.05) is 35.8 Å². The number of nitrogens with zero attached hydrogens (tertiary/aromatic N) is 4. The Hall–Kier alpha value is -3.72. The van der Waals surface area contributed by atoms with Crippen LogP contribution in [0.15, 0.2) is 61.2 Å². The lowest BCUT2D eigenvalue weighted by atomic mass is 10.0. The molecular weight excluding hydrogens is 455 g/mol. The number of aryl methyl sites for hydroxylation is 1. The number of fused-ring (bicyclic) bond motifs is 1. The van der Waals surface area contributed by atoms with Gasteiger partial charge in [-0.25, -0.2) is 4.98 Å². The fourth-order valence-electron chi connectivity index (χ4n) is 4.52. The number of hydrogen-bond donors (Lipinski definition) is 1. The van der Waals surface area contributed by atoms with Gasteiger partial charge in [-0.15, -0.1) is 0 Å². The summed E-state index contributed by atoms with van der Waals surface area (Å²) in [5, 5.41) is 2.64. The molecule has 9 heteroatoms. The molecule has 1 aliphatic rings. The number of benzene rings is 2. The Labute approximate surface area is 200 Å². The number of imidazole rings is 1. The first kappa shape index (κ1) is 23.0. The Morgan fingerprint density at radius 1 is 1.09 bits per heavy atom. The molecule has 1 saturated heterocycles. The summed E-state index contributed by atoms with van der Waals surface area (Å²) in [5.74, 6) is -0.484. The van der Waals surface area contributed by atoms with Crippen LogP contribution in [0, 0.1) is 6.92 Å². The summed E-state index contributed by atoms with van der Waals surface area (Å²) < 4.78 is 43.3. The van der Waals surface area contributed by atoms with Crippen molar-refractivity contribution in [1.29, 1.82) is 0 Å². The Bertz CT molecular complexity index is 1390. The monoisotopic (exact) mass is 479 g/mol. The molecule has 0 bridgehead atoms. The van der Waals surface area contributed by atoms with Crippen molar-refractivity contribution in [2.75, 3.05) is 18.4 Å². The second-order valence-electron chi connectivity index (χ2n) is 8.78. The Morgan fingerprint density at radius 3 is 2.66 bits per heavy atom. The van der Waals surface area contributed by atoms with Crippen LogP contribution >= 0.6 is 0 Å². The van der Waals surface area contributed by atoms with Crippen LogP contribution in [0.2, 0.25) is 0 Å². The highest BCUT2D eigenvalue weighted by Crippen LogP contribution is 2.35. The quantitative estimate of drug-likeness (QED) is 0.407. The maximum atomic E-state index is 13.8. The number of carbonyl (C=O) groups excluding carboxylic acids is 1. The summed E-state index contributed by atoms with van der Waals surface area (Å²) in [6.07, 6.45) is 4.27. The number of likely N-dealkylation sites (tertiary alicyclic amines) is 1. The number of aromatic nitrogens is 3. The van der Waals surface area contributed by atoms with Gasteiger partial charge in [-0.3, -0.25) is 19.1 Å². The lowest BCUT2D eigenvalue weighted by Crippen LogP contribution is -2.21. The van der Waals surface area contributed by atoms with Crippen molar-refractivity contribution in [3.05, 3.63) is 83.4 Å². The molecule has 180 valence electrons. The molecule has 0 unspecified atom stereocenters. The van der Waals surface area contributed by atoms with E-state index in [2.05, 4.69) is 15.3 Å². The molecule has 1 fully saturated rings. The van der Waals surface area contributed by atoms with Crippen LogP contribution < -0.4 is 5.32 Å². The van der Waals surface area contributed by atoms with Gasteiger partial charge in [-0.2, -0.15) is 13.2 Å². The van der Waals surface area contributed by atoms with Crippen LogP contribution in [-0.4, -0.2) is 38.3 Å². The van der Waals surface area contributed by atoms with Gasteiger partial charge in [0.05, 0.1) is 23.7 Å². The number of hydrogen-bond acceptors (Lipinski definition) is 4. The molecule has 6 nitrogen and oxygen atoms in total. The fraction of sp³-hybridized carbons (Fsp3) is 0.269. The molecule has 0 saturated carbocycles. The van der Waals surface area contributed by atoms with E-state index in [0.29, 0.717) is 11.2 Å². The van der Waals surface area contributed by atoms with E-state index in [-0.39, 0.29) is 17.8 Å². The van der Waals surface area contributed by atoms with Gasteiger partial charge < -0.3 is 5.32 Å². The summed E-state index contributed by atoms with van der Waals surface area (Å²) in [7, 11) is 0. The number of amides is 1. The Balaban J connectivity index is 1.42. The lowest BCUT2D eigenvalue weighted by Gasteiger charge is -2.20. The average molecular weight is 480 g/mol. The van der Waals surface area contributed by atoms with Crippen molar-refractivity contribution >= 4 is 17.2 Å². The summed E-state index contributed by atoms with van der Waals surface area (Å²) in [6.45, 7) is 3.77. The maximum Gasteiger partial charge on any atom is 0.416 e. The van der Waals surface area contributed by atoms with E-state index < -0.39 is 17.6 Å². The summed E-state index contributed by atoms with van der Waals surface area (Å²) in [6, 6.07) is 9.21. The molecular formula is C26H24F3N5O. The highest BCUT2D eigenvalue weighted by atomic mass is 19.4. The summed E-state index contributed by atoms with van der Waals surface area (Å²) >= 11 is 0. The molecule has 1 N–H and O–H groups in total. The minimum Gasteiger partial charge on any atom is -0.322 e. The van der Waals surface area contributed by atoms with Crippen molar-refractivity contribution in [3.8, 4) is 11.3 Å². The van der Waals surface area contributed by atoms with Crippen LogP contribution in [0.25, 0.3) is 16.9 Å². The SMILES string of the molecule is Cc1ccc(C(=O)Nc2ccc(CN3CCCC3)c(C(F)(F)F)c2)cc1-c1cnc2cnccn12. The molecule has 2 aromatic carbocycles. The molecule has 4 aromatic rings.